The van der Waals surface area contributed by atoms with E-state index in [0.29, 0.717) is 0 Å². The van der Waals surface area contributed by atoms with Gasteiger partial charge in [0.25, 0.3) is 0 Å². The largest absolute Gasteiger partial charge is 0.399 e. The number of hydrogen-bond acceptors (Lipinski definition) is 2. The summed E-state index contributed by atoms with van der Waals surface area (Å²) in [6.07, 6.45) is 0. The van der Waals surface area contributed by atoms with E-state index >= 15 is 0 Å². The average Bonchev–Trinajstić information content (AvgIpc) is 2.27. The van der Waals surface area contributed by atoms with Gasteiger partial charge in [-0.2, -0.15) is 0 Å². The summed E-state index contributed by atoms with van der Waals surface area (Å²) in [5.74, 6) is 0. The minimum absolute atomic E-state index is 0.765. The number of aryl methyl sites for hydroxylation is 2. The van der Waals surface area contributed by atoms with E-state index < -0.39 is 0 Å². The van der Waals surface area contributed by atoms with Crippen LogP contribution in [-0.2, 0) is 0 Å². The van der Waals surface area contributed by atoms with Crippen molar-refractivity contribution in [2.24, 2.45) is 0 Å². The lowest BCUT2D eigenvalue weighted by Crippen LogP contribution is -1.96. The molecule has 88 valence electrons. The van der Waals surface area contributed by atoms with Gasteiger partial charge in [0.15, 0.2) is 0 Å². The second-order valence-electron chi connectivity index (χ2n) is 4.18. The maximum Gasteiger partial charge on any atom is 0.0528 e. The maximum absolute atomic E-state index is 5.79. The molecule has 0 aliphatic heterocycles. The third-order valence-electron chi connectivity index (χ3n) is 2.66. The quantitative estimate of drug-likeness (QED) is 0.805. The van der Waals surface area contributed by atoms with Gasteiger partial charge in [0.1, 0.15) is 0 Å². The molecule has 2 aromatic carbocycles. The molecule has 0 bridgehead atoms. The zero-order chi connectivity index (χ0) is 12.4. The van der Waals surface area contributed by atoms with Crippen LogP contribution in [0.2, 0.25) is 0 Å². The van der Waals surface area contributed by atoms with E-state index in [1.165, 1.54) is 11.1 Å². The van der Waals surface area contributed by atoms with Crippen LogP contribution in [0.3, 0.4) is 0 Å². The van der Waals surface area contributed by atoms with Crippen molar-refractivity contribution in [2.75, 3.05) is 11.1 Å². The van der Waals surface area contributed by atoms with Crippen LogP contribution in [0.25, 0.3) is 0 Å². The number of nitrogen functional groups attached to an aromatic ring is 1. The van der Waals surface area contributed by atoms with Gasteiger partial charge in [-0.1, -0.05) is 12.1 Å². The van der Waals surface area contributed by atoms with Gasteiger partial charge in [0, 0.05) is 15.8 Å². The Morgan fingerprint density at radius 3 is 2.47 bits per heavy atom. The molecule has 0 fully saturated rings. The van der Waals surface area contributed by atoms with Gasteiger partial charge >= 0.3 is 0 Å². The molecule has 0 atom stereocenters. The van der Waals surface area contributed by atoms with Gasteiger partial charge < -0.3 is 11.1 Å². The first-order valence-corrected chi connectivity index (χ1v) is 6.25. The summed E-state index contributed by atoms with van der Waals surface area (Å²) in [5, 5.41) is 3.38. The molecule has 0 spiro atoms. The van der Waals surface area contributed by atoms with Crippen molar-refractivity contribution in [2.45, 2.75) is 13.8 Å². The first-order chi connectivity index (χ1) is 8.06. The summed E-state index contributed by atoms with van der Waals surface area (Å²) in [6.45, 7) is 4.13. The van der Waals surface area contributed by atoms with Crippen molar-refractivity contribution in [1.29, 1.82) is 0 Å². The number of hydrogen-bond donors (Lipinski definition) is 2. The summed E-state index contributed by atoms with van der Waals surface area (Å²) >= 11 is 3.55. The second-order valence-corrected chi connectivity index (χ2v) is 5.04. The lowest BCUT2D eigenvalue weighted by atomic mass is 10.1. The highest BCUT2D eigenvalue weighted by molar-refractivity contribution is 9.10. The fourth-order valence-corrected chi connectivity index (χ4v) is 2.23. The van der Waals surface area contributed by atoms with E-state index in [4.69, 9.17) is 5.73 Å². The Hall–Kier alpha value is -1.48. The van der Waals surface area contributed by atoms with Crippen molar-refractivity contribution in [1.82, 2.24) is 0 Å². The van der Waals surface area contributed by atoms with Crippen LogP contribution in [0.4, 0.5) is 17.1 Å². The van der Waals surface area contributed by atoms with Crippen molar-refractivity contribution in [3.05, 3.63) is 52.0 Å². The van der Waals surface area contributed by atoms with E-state index in [0.717, 1.165) is 21.5 Å². The van der Waals surface area contributed by atoms with Crippen molar-refractivity contribution in [3.8, 4) is 0 Å². The Bertz CT molecular complexity index is 550. The van der Waals surface area contributed by atoms with Crippen LogP contribution in [0, 0.1) is 13.8 Å². The first kappa shape index (κ1) is 12.0. The van der Waals surface area contributed by atoms with Gasteiger partial charge in [0.05, 0.1) is 5.69 Å². The van der Waals surface area contributed by atoms with Gasteiger partial charge in [-0.25, -0.2) is 0 Å². The minimum Gasteiger partial charge on any atom is -0.399 e. The summed E-state index contributed by atoms with van der Waals surface area (Å²) in [7, 11) is 0. The van der Waals surface area contributed by atoms with E-state index in [9.17, 15) is 0 Å². The Morgan fingerprint density at radius 1 is 1.00 bits per heavy atom. The number of rotatable bonds is 2. The zero-order valence-electron chi connectivity index (χ0n) is 9.92. The minimum atomic E-state index is 0.765. The average molecular weight is 291 g/mol. The van der Waals surface area contributed by atoms with Crippen LogP contribution >= 0.6 is 15.9 Å². The highest BCUT2D eigenvalue weighted by atomic mass is 79.9. The van der Waals surface area contributed by atoms with E-state index in [1.807, 2.05) is 18.2 Å². The van der Waals surface area contributed by atoms with Crippen molar-refractivity contribution >= 4 is 33.0 Å². The Balaban J connectivity index is 2.34. The smallest absolute Gasteiger partial charge is 0.0528 e. The second kappa shape index (κ2) is 4.80. The third-order valence-corrected chi connectivity index (χ3v) is 3.31. The predicted octanol–water partition coefficient (Wildman–Crippen LogP) is 4.39. The van der Waals surface area contributed by atoms with Gasteiger partial charge in [0.2, 0.25) is 0 Å². The fraction of sp³-hybridized carbons (Fsp3) is 0.143. The normalized spacial score (nSPS) is 10.3. The number of halogens is 1. The summed E-state index contributed by atoms with van der Waals surface area (Å²) in [6, 6.07) is 12.1. The molecule has 0 aliphatic carbocycles. The fourth-order valence-electron chi connectivity index (χ4n) is 1.64. The van der Waals surface area contributed by atoms with Gasteiger partial charge in [-0.15, -0.1) is 0 Å². The van der Waals surface area contributed by atoms with E-state index in [-0.39, 0.29) is 0 Å². The van der Waals surface area contributed by atoms with Crippen molar-refractivity contribution in [3.63, 3.8) is 0 Å². The molecular weight excluding hydrogens is 276 g/mol. The van der Waals surface area contributed by atoms with Crippen LogP contribution in [0.5, 0.6) is 0 Å². The molecule has 0 unspecified atom stereocenters. The van der Waals surface area contributed by atoms with Crippen LogP contribution < -0.4 is 11.1 Å². The first-order valence-electron chi connectivity index (χ1n) is 5.45. The molecule has 3 heteroatoms. The molecule has 0 aromatic heterocycles. The van der Waals surface area contributed by atoms with E-state index in [2.05, 4.69) is 53.3 Å². The Kier molecular flexibility index (Phi) is 3.38. The monoisotopic (exact) mass is 290 g/mol. The van der Waals surface area contributed by atoms with E-state index in [1.54, 1.807) is 0 Å². The standard InChI is InChI=1S/C14H15BrN2/c1-9-3-6-13(12(15)7-9)17-14-8-11(16)5-4-10(14)2/h3-8,17H,16H2,1-2H3. The molecule has 2 rings (SSSR count). The SMILES string of the molecule is Cc1ccc(Nc2cc(N)ccc2C)c(Br)c1. The topological polar surface area (TPSA) is 38.0 Å². The molecule has 0 heterocycles. The van der Waals surface area contributed by atoms with Crippen molar-refractivity contribution < 1.29 is 0 Å². The molecule has 17 heavy (non-hydrogen) atoms. The Morgan fingerprint density at radius 2 is 1.76 bits per heavy atom. The molecule has 0 radical (unpaired) electrons. The molecule has 3 N–H and O–H groups in total. The van der Waals surface area contributed by atoms with Crippen LogP contribution in [0.15, 0.2) is 40.9 Å². The van der Waals surface area contributed by atoms with Gasteiger partial charge in [-0.05, 0) is 65.2 Å². The summed E-state index contributed by atoms with van der Waals surface area (Å²) in [4.78, 5) is 0. The molecule has 0 saturated heterocycles. The zero-order valence-corrected chi connectivity index (χ0v) is 11.5. The number of anilines is 3. The number of nitrogens with one attached hydrogen (secondary N) is 1. The highest BCUT2D eigenvalue weighted by Gasteiger charge is 2.03. The molecular formula is C14H15BrN2. The highest BCUT2D eigenvalue weighted by Crippen LogP contribution is 2.29. The number of nitrogens with two attached hydrogens (primary N) is 1. The van der Waals surface area contributed by atoms with Gasteiger partial charge in [-0.3, -0.25) is 0 Å². The molecule has 0 amide bonds. The summed E-state index contributed by atoms with van der Waals surface area (Å²) < 4.78 is 1.05. The van der Waals surface area contributed by atoms with Crippen LogP contribution in [-0.4, -0.2) is 0 Å². The lowest BCUT2D eigenvalue weighted by molar-refractivity contribution is 1.40. The maximum atomic E-state index is 5.79. The number of benzene rings is 2. The predicted molar refractivity (Wildman–Crippen MR) is 77.8 cm³/mol. The molecule has 0 saturated carbocycles. The summed E-state index contributed by atoms with van der Waals surface area (Å²) in [5.41, 5.74) is 11.0. The molecule has 2 nitrogen and oxygen atoms in total. The third kappa shape index (κ3) is 2.80. The Labute approximate surface area is 110 Å². The molecule has 0 aliphatic rings. The lowest BCUT2D eigenvalue weighted by Gasteiger charge is -2.12. The van der Waals surface area contributed by atoms with Crippen LogP contribution in [0.1, 0.15) is 11.1 Å². The molecule has 2 aromatic rings.